The number of hydrogen-bond acceptors (Lipinski definition) is 18. The molecule has 0 spiro atoms. The number of aliphatic carboxylic acids is 1. The maximum atomic E-state index is 15.1. The Hall–Kier alpha value is -6.89. The van der Waals surface area contributed by atoms with E-state index in [1.54, 1.807) is 20.6 Å². The lowest BCUT2D eigenvalue weighted by Gasteiger charge is -2.23. The summed E-state index contributed by atoms with van der Waals surface area (Å²) < 4.78 is 33.6. The van der Waals surface area contributed by atoms with Gasteiger partial charge in [0.15, 0.2) is 40.9 Å². The highest BCUT2D eigenvalue weighted by atomic mass is 19.1. The number of nitrogens with two attached hydrogens (primary N) is 3. The highest BCUT2D eigenvalue weighted by molar-refractivity contribution is 5.99. The van der Waals surface area contributed by atoms with Crippen LogP contribution in [0.4, 0.5) is 20.4 Å². The number of anilines is 2. The Morgan fingerprint density at radius 2 is 1.22 bits per heavy atom. The third kappa shape index (κ3) is 9.96. The Labute approximate surface area is 380 Å². The number of carbonyl (C=O) groups excluding carboxylic acids is 1. The normalized spacial score (nSPS) is 21.7. The Morgan fingerprint density at radius 3 is 1.54 bits per heavy atom. The summed E-state index contributed by atoms with van der Waals surface area (Å²) in [5.41, 5.74) is 16.3. The lowest BCUT2D eigenvalue weighted by atomic mass is 9.88. The van der Waals surface area contributed by atoms with E-state index in [1.165, 1.54) is 33.4 Å². The van der Waals surface area contributed by atoms with Gasteiger partial charge in [-0.15, -0.1) is 0 Å². The third-order valence-corrected chi connectivity index (χ3v) is 12.2. The summed E-state index contributed by atoms with van der Waals surface area (Å²) in [6.45, 7) is 10.3. The van der Waals surface area contributed by atoms with Crippen molar-refractivity contribution in [2.24, 2.45) is 38.3 Å². The molecule has 0 radical (unpaired) electrons. The van der Waals surface area contributed by atoms with Gasteiger partial charge in [-0.05, 0) is 44.7 Å². The predicted molar refractivity (Wildman–Crippen MR) is 242 cm³/mol. The van der Waals surface area contributed by atoms with Crippen molar-refractivity contribution in [3.05, 3.63) is 80.1 Å². The van der Waals surface area contributed by atoms with Crippen LogP contribution in [0.5, 0.6) is 0 Å². The maximum absolute atomic E-state index is 15.1. The molecule has 9 N–H and O–H groups in total. The highest BCUT2D eigenvalue weighted by Gasteiger charge is 2.43. The number of ketones is 1. The average molecular weight is 938 g/mol. The van der Waals surface area contributed by atoms with E-state index < -0.39 is 51.3 Å². The fourth-order valence-corrected chi connectivity index (χ4v) is 7.82. The molecule has 4 aromatic heterocycles. The number of aromatic carboxylic acids is 1. The van der Waals surface area contributed by atoms with Crippen molar-refractivity contribution in [1.82, 2.24) is 19.1 Å². The number of aromatic nitrogens is 4. The molecule has 2 saturated heterocycles. The van der Waals surface area contributed by atoms with Crippen LogP contribution in [0.2, 0.25) is 0 Å². The molecule has 360 valence electrons. The molecule has 3 atom stereocenters. The minimum atomic E-state index is -1.37. The van der Waals surface area contributed by atoms with Crippen LogP contribution in [-0.4, -0.2) is 123 Å². The van der Waals surface area contributed by atoms with E-state index in [-0.39, 0.29) is 69.4 Å². The first kappa shape index (κ1) is 49.5. The van der Waals surface area contributed by atoms with Crippen molar-refractivity contribution >= 4 is 62.8 Å². The first-order chi connectivity index (χ1) is 31.7. The minimum Gasteiger partial charge on any atom is -0.480 e. The number of rotatable bonds is 13. The van der Waals surface area contributed by atoms with E-state index in [0.717, 1.165) is 37.5 Å². The van der Waals surface area contributed by atoms with Gasteiger partial charge in [-0.25, -0.2) is 28.8 Å². The van der Waals surface area contributed by atoms with Crippen LogP contribution in [0.1, 0.15) is 79.3 Å². The lowest BCUT2D eigenvalue weighted by molar-refractivity contribution is -0.208. The molecule has 2 aliphatic heterocycles. The van der Waals surface area contributed by atoms with Crippen molar-refractivity contribution in [2.45, 2.75) is 64.6 Å². The van der Waals surface area contributed by atoms with E-state index in [1.807, 2.05) is 18.4 Å². The number of nitrogens with zero attached hydrogens (tertiary/aromatic N) is 8. The van der Waals surface area contributed by atoms with Crippen LogP contribution in [-0.2, 0) is 19.4 Å². The Balaban J connectivity index is 0.000000187. The zero-order chi connectivity index (χ0) is 49.3. The molecular formula is C43H53F2N11O11. The maximum Gasteiger partial charge on any atom is 0.341 e. The molecule has 67 heavy (non-hydrogen) atoms. The van der Waals surface area contributed by atoms with E-state index in [4.69, 9.17) is 37.2 Å². The SMILES string of the molecule is C=C(OO)C(N)C(=O)O.CO/N=C1/CN(c2nc3c(cc2F)c(=O)c(C(=O)O)cn3C2CC2)C[C@@]1(C)CN.CO/N=C1/CN(c2nc3c(cc2F)c(=O)c(C(C)=O)cn3C2CC2)C[C@@]1(C)CN. The lowest BCUT2D eigenvalue weighted by Crippen LogP contribution is -2.36. The first-order valence-electron chi connectivity index (χ1n) is 21.0. The molecule has 2 aliphatic carbocycles. The van der Waals surface area contributed by atoms with Crippen molar-refractivity contribution in [1.29, 1.82) is 0 Å². The monoisotopic (exact) mass is 937 g/mol. The fourth-order valence-electron chi connectivity index (χ4n) is 7.82. The van der Waals surface area contributed by atoms with Gasteiger partial charge in [-0.2, -0.15) is 0 Å². The highest BCUT2D eigenvalue weighted by Crippen LogP contribution is 2.40. The average Bonchev–Trinajstić information content (AvgIpc) is 4.24. The minimum absolute atomic E-state index is 0.0374. The molecule has 4 aromatic rings. The Kier molecular flexibility index (Phi) is 14.4. The molecule has 0 amide bonds. The summed E-state index contributed by atoms with van der Waals surface area (Å²) in [4.78, 5) is 84.4. The summed E-state index contributed by atoms with van der Waals surface area (Å²) >= 11 is 0. The Morgan fingerprint density at radius 1 is 0.821 bits per heavy atom. The van der Waals surface area contributed by atoms with Crippen LogP contribution in [0, 0.1) is 22.5 Å². The van der Waals surface area contributed by atoms with Gasteiger partial charge in [-0.1, -0.05) is 30.7 Å². The molecular weight excluding hydrogens is 885 g/mol. The third-order valence-electron chi connectivity index (χ3n) is 12.2. The number of Topliss-reactive ketones (excluding diaryl/α,β-unsaturated/α-hetero) is 1. The van der Waals surface area contributed by atoms with Crippen molar-refractivity contribution in [2.75, 3.05) is 63.3 Å². The zero-order valence-corrected chi connectivity index (χ0v) is 37.5. The van der Waals surface area contributed by atoms with Crippen LogP contribution in [0.3, 0.4) is 0 Å². The van der Waals surface area contributed by atoms with Crippen LogP contribution in [0.15, 0.2) is 56.8 Å². The number of carboxylic acid groups (broad SMARTS) is 2. The molecule has 24 heteroatoms. The quantitative estimate of drug-likeness (QED) is 0.0486. The van der Waals surface area contributed by atoms with E-state index in [0.29, 0.717) is 44.1 Å². The molecule has 4 fully saturated rings. The van der Waals surface area contributed by atoms with Crippen LogP contribution in [0.25, 0.3) is 22.1 Å². The molecule has 8 rings (SSSR count). The van der Waals surface area contributed by atoms with Gasteiger partial charge in [0.05, 0.1) is 40.8 Å². The van der Waals surface area contributed by atoms with Crippen LogP contribution < -0.4 is 37.9 Å². The number of fused-ring (bicyclic) bond motifs is 2. The smallest absolute Gasteiger partial charge is 0.341 e. The second-order valence-electron chi connectivity index (χ2n) is 17.3. The summed E-state index contributed by atoms with van der Waals surface area (Å²) in [6.07, 6.45) is 6.44. The largest absolute Gasteiger partial charge is 0.480 e. The van der Waals surface area contributed by atoms with Gasteiger partial charge >= 0.3 is 11.9 Å². The standard InChI is InChI=1S/C20H24FN5O3.C19H22FN5O4.C4H7NO4/c1-11(27)14-7-26(12-4-5-12)18-13(17(14)28)6-15(21)19(23-18)25-8-16(24-29-3)20(2,9-22)10-25;1-19(8-21)9-24(7-14(19)23-29-2)17-13(20)5-11-15(26)12(18(27)28)6-25(10-3-4-10)16(11)22-17;1-2(9-8)3(5)4(6)7/h6-7,12H,4-5,8-10,22H2,1-3H3;5-6,10H,3-4,7-9,21H2,1-2H3,(H,27,28);3,8H,1,5H2,(H,6,7)/b24-16-;23-14-;/t20-;19-;/m11./s1. The summed E-state index contributed by atoms with van der Waals surface area (Å²) in [7, 11) is 2.90. The van der Waals surface area contributed by atoms with E-state index in [9.17, 15) is 33.5 Å². The van der Waals surface area contributed by atoms with Gasteiger partial charge in [0, 0.05) is 61.5 Å². The van der Waals surface area contributed by atoms with Gasteiger partial charge in [0.1, 0.15) is 31.1 Å². The number of hydrogen-bond donors (Lipinski definition) is 6. The zero-order valence-electron chi connectivity index (χ0n) is 37.5. The number of halogens is 2. The summed E-state index contributed by atoms with van der Waals surface area (Å²) in [6, 6.07) is 1.13. The number of carbonyl (C=O) groups is 3. The van der Waals surface area contributed by atoms with E-state index in [2.05, 4.69) is 31.7 Å². The molecule has 2 saturated carbocycles. The van der Waals surface area contributed by atoms with Gasteiger partial charge < -0.3 is 60.9 Å². The molecule has 0 aromatic carbocycles. The number of carboxylic acids is 2. The topological polar surface area (TPSA) is 319 Å². The number of pyridine rings is 4. The van der Waals surface area contributed by atoms with E-state index >= 15 is 4.39 Å². The van der Waals surface area contributed by atoms with Crippen molar-refractivity contribution in [3.8, 4) is 0 Å². The summed E-state index contributed by atoms with van der Waals surface area (Å²) in [5, 5.41) is 33.5. The fraction of sp³-hybridized carbons (Fsp3) is 0.465. The second-order valence-corrected chi connectivity index (χ2v) is 17.3. The first-order valence-corrected chi connectivity index (χ1v) is 21.0. The van der Waals surface area contributed by atoms with Gasteiger partial charge in [-0.3, -0.25) is 19.2 Å². The van der Waals surface area contributed by atoms with Crippen LogP contribution >= 0.6 is 0 Å². The van der Waals surface area contributed by atoms with Crippen molar-refractivity contribution < 1.29 is 53.2 Å². The van der Waals surface area contributed by atoms with Gasteiger partial charge in [0.2, 0.25) is 10.9 Å². The molecule has 4 aliphatic rings. The molecule has 0 bridgehead atoms. The predicted octanol–water partition coefficient (Wildman–Crippen LogP) is 2.62. The molecule has 1 unspecified atom stereocenters. The number of oxime groups is 2. The van der Waals surface area contributed by atoms with Gasteiger partial charge in [0.25, 0.3) is 0 Å². The Bertz CT molecular complexity index is 2650. The van der Waals surface area contributed by atoms with Crippen molar-refractivity contribution in [3.63, 3.8) is 0 Å². The summed E-state index contributed by atoms with van der Waals surface area (Å²) in [5.74, 6) is -4.45. The second kappa shape index (κ2) is 19.5. The molecule has 22 nitrogen and oxygen atoms in total. The molecule has 6 heterocycles.